The van der Waals surface area contributed by atoms with Gasteiger partial charge < -0.3 is 10.6 Å². The van der Waals surface area contributed by atoms with Gasteiger partial charge in [0, 0.05) is 57.6 Å². The van der Waals surface area contributed by atoms with Gasteiger partial charge in [0.05, 0.1) is 5.69 Å². The number of nitrogens with one attached hydrogen (secondary N) is 2. The highest BCUT2D eigenvalue weighted by Gasteiger charge is 2.20. The van der Waals surface area contributed by atoms with Gasteiger partial charge in [-0.25, -0.2) is 4.39 Å². The van der Waals surface area contributed by atoms with Crippen molar-refractivity contribution in [2.45, 2.75) is 58.7 Å². The minimum atomic E-state index is -0.177. The lowest BCUT2D eigenvalue weighted by Gasteiger charge is -2.33. The monoisotopic (exact) mass is 414 g/mol. The average Bonchev–Trinajstić information content (AvgIpc) is 3.08. The Morgan fingerprint density at radius 1 is 1.17 bits per heavy atom. The molecule has 2 heterocycles. The number of nitrogens with zero attached hydrogens (tertiary/aromatic N) is 4. The molecule has 3 rings (SSSR count). The number of rotatable bonds is 7. The molecule has 164 valence electrons. The van der Waals surface area contributed by atoms with Crippen LogP contribution in [-0.2, 0) is 33.0 Å². The minimum Gasteiger partial charge on any atom is -0.354 e. The highest BCUT2D eigenvalue weighted by Crippen LogP contribution is 2.16. The van der Waals surface area contributed by atoms with Crippen LogP contribution >= 0.6 is 0 Å². The lowest BCUT2D eigenvalue weighted by molar-refractivity contribution is 0.198. The van der Waals surface area contributed by atoms with Gasteiger partial charge >= 0.3 is 0 Å². The molecular formula is C23H35FN6. The number of aliphatic imine (C=N–C) groups is 1. The number of benzene rings is 1. The van der Waals surface area contributed by atoms with Crippen LogP contribution < -0.4 is 10.6 Å². The van der Waals surface area contributed by atoms with Crippen molar-refractivity contribution in [2.75, 3.05) is 20.1 Å². The van der Waals surface area contributed by atoms with Gasteiger partial charge in [0.1, 0.15) is 5.82 Å². The molecule has 0 atom stereocenters. The van der Waals surface area contributed by atoms with E-state index in [0.717, 1.165) is 69.1 Å². The van der Waals surface area contributed by atoms with Crippen molar-refractivity contribution in [1.82, 2.24) is 25.3 Å². The number of halogens is 1. The van der Waals surface area contributed by atoms with E-state index in [1.54, 1.807) is 0 Å². The molecule has 1 fully saturated rings. The third-order valence-electron chi connectivity index (χ3n) is 5.93. The van der Waals surface area contributed by atoms with Gasteiger partial charge in [-0.05, 0) is 43.4 Å². The van der Waals surface area contributed by atoms with E-state index in [2.05, 4.69) is 39.5 Å². The summed E-state index contributed by atoms with van der Waals surface area (Å²) in [5.41, 5.74) is 4.89. The maximum Gasteiger partial charge on any atom is 0.191 e. The zero-order valence-electron chi connectivity index (χ0n) is 18.7. The molecule has 1 aromatic heterocycles. The zero-order valence-corrected chi connectivity index (χ0v) is 18.7. The first-order valence-electron chi connectivity index (χ1n) is 11.0. The van der Waals surface area contributed by atoms with Crippen LogP contribution in [0, 0.1) is 5.82 Å². The predicted octanol–water partition coefficient (Wildman–Crippen LogP) is 3.01. The van der Waals surface area contributed by atoms with E-state index in [1.807, 2.05) is 30.9 Å². The maximum atomic E-state index is 13.1. The molecule has 1 aromatic carbocycles. The summed E-state index contributed by atoms with van der Waals surface area (Å²) >= 11 is 0. The molecule has 0 aliphatic carbocycles. The van der Waals surface area contributed by atoms with Crippen LogP contribution in [0.3, 0.4) is 0 Å². The van der Waals surface area contributed by atoms with E-state index >= 15 is 0 Å². The summed E-state index contributed by atoms with van der Waals surface area (Å²) in [6.45, 7) is 7.98. The van der Waals surface area contributed by atoms with Gasteiger partial charge in [-0.3, -0.25) is 14.6 Å². The summed E-state index contributed by atoms with van der Waals surface area (Å²) in [6, 6.07) is 7.23. The quantitative estimate of drug-likeness (QED) is 0.540. The third kappa shape index (κ3) is 5.59. The summed E-state index contributed by atoms with van der Waals surface area (Å²) < 4.78 is 15.1. The Hall–Kier alpha value is -2.41. The molecule has 1 aliphatic heterocycles. The van der Waals surface area contributed by atoms with Crippen LogP contribution in [0.5, 0.6) is 0 Å². The summed E-state index contributed by atoms with van der Waals surface area (Å²) in [4.78, 5) is 6.86. The largest absolute Gasteiger partial charge is 0.354 e. The first-order valence-corrected chi connectivity index (χ1v) is 11.0. The fourth-order valence-electron chi connectivity index (χ4n) is 4.24. The fourth-order valence-corrected chi connectivity index (χ4v) is 4.24. The average molecular weight is 415 g/mol. The highest BCUT2D eigenvalue weighted by molar-refractivity contribution is 5.80. The zero-order chi connectivity index (χ0) is 21.5. The molecule has 0 saturated carbocycles. The van der Waals surface area contributed by atoms with Crippen LogP contribution in [0.2, 0.25) is 0 Å². The van der Waals surface area contributed by atoms with Gasteiger partial charge in [0.15, 0.2) is 5.96 Å². The number of hydrogen-bond donors (Lipinski definition) is 2. The van der Waals surface area contributed by atoms with E-state index in [1.165, 1.54) is 23.4 Å². The number of guanidine groups is 1. The molecule has 0 amide bonds. The Labute approximate surface area is 179 Å². The van der Waals surface area contributed by atoms with Crippen molar-refractivity contribution in [2.24, 2.45) is 12.0 Å². The van der Waals surface area contributed by atoms with Crippen molar-refractivity contribution >= 4 is 5.96 Å². The molecule has 0 bridgehead atoms. The molecule has 2 N–H and O–H groups in total. The molecule has 30 heavy (non-hydrogen) atoms. The lowest BCUT2D eigenvalue weighted by atomic mass is 10.0. The van der Waals surface area contributed by atoms with Gasteiger partial charge in [-0.2, -0.15) is 5.10 Å². The SMILES string of the molecule is CCc1nn(C)c(CC)c1CNC(=NC)NC1CCN(Cc2ccc(F)cc2)CC1. The minimum absolute atomic E-state index is 0.177. The fraction of sp³-hybridized carbons (Fsp3) is 0.565. The van der Waals surface area contributed by atoms with E-state index < -0.39 is 0 Å². The standard InChI is InChI=1S/C23H35FN6/c1-5-21-20(22(6-2)29(4)28-21)15-26-23(25-3)27-19-11-13-30(14-12-19)16-17-7-9-18(24)10-8-17/h7-10,19H,5-6,11-16H2,1-4H3,(H2,25,26,27). The number of aryl methyl sites for hydroxylation is 2. The molecule has 2 aromatic rings. The van der Waals surface area contributed by atoms with Crippen LogP contribution in [-0.4, -0.2) is 46.8 Å². The summed E-state index contributed by atoms with van der Waals surface area (Å²) in [5, 5.41) is 11.7. The topological polar surface area (TPSA) is 57.5 Å². The second-order valence-electron chi connectivity index (χ2n) is 7.95. The summed E-state index contributed by atoms with van der Waals surface area (Å²) in [7, 11) is 3.85. The van der Waals surface area contributed by atoms with E-state index in [0.29, 0.717) is 6.04 Å². The van der Waals surface area contributed by atoms with E-state index in [9.17, 15) is 4.39 Å². The lowest BCUT2D eigenvalue weighted by Crippen LogP contribution is -2.48. The number of likely N-dealkylation sites (tertiary alicyclic amines) is 1. The number of hydrogen-bond acceptors (Lipinski definition) is 3. The highest BCUT2D eigenvalue weighted by atomic mass is 19.1. The molecule has 0 unspecified atom stereocenters. The normalized spacial score (nSPS) is 16.1. The van der Waals surface area contributed by atoms with Crippen molar-refractivity contribution in [1.29, 1.82) is 0 Å². The first-order chi connectivity index (χ1) is 14.5. The van der Waals surface area contributed by atoms with Crippen molar-refractivity contribution < 1.29 is 4.39 Å². The Morgan fingerprint density at radius 3 is 2.47 bits per heavy atom. The molecule has 1 aliphatic rings. The van der Waals surface area contributed by atoms with E-state index in [4.69, 9.17) is 0 Å². The van der Waals surface area contributed by atoms with E-state index in [-0.39, 0.29) is 5.82 Å². The summed E-state index contributed by atoms with van der Waals surface area (Å²) in [6.07, 6.45) is 4.03. The molecule has 1 saturated heterocycles. The predicted molar refractivity (Wildman–Crippen MR) is 120 cm³/mol. The van der Waals surface area contributed by atoms with Gasteiger partial charge in [-0.15, -0.1) is 0 Å². The maximum absolute atomic E-state index is 13.1. The van der Waals surface area contributed by atoms with Crippen LogP contribution in [0.1, 0.15) is 49.2 Å². The van der Waals surface area contributed by atoms with Crippen LogP contribution in [0.15, 0.2) is 29.3 Å². The Kier molecular flexibility index (Phi) is 7.85. The van der Waals surface area contributed by atoms with Crippen LogP contribution in [0.25, 0.3) is 0 Å². The van der Waals surface area contributed by atoms with Crippen LogP contribution in [0.4, 0.5) is 4.39 Å². The molecule has 7 heteroatoms. The molecule has 6 nitrogen and oxygen atoms in total. The Morgan fingerprint density at radius 2 is 1.87 bits per heavy atom. The summed E-state index contributed by atoms with van der Waals surface area (Å²) in [5.74, 6) is 0.670. The Balaban J connectivity index is 1.48. The number of aromatic nitrogens is 2. The smallest absolute Gasteiger partial charge is 0.191 e. The van der Waals surface area contributed by atoms with Gasteiger partial charge in [0.25, 0.3) is 0 Å². The third-order valence-corrected chi connectivity index (χ3v) is 5.93. The van der Waals surface area contributed by atoms with Gasteiger partial charge in [-0.1, -0.05) is 26.0 Å². The van der Waals surface area contributed by atoms with Crippen molar-refractivity contribution in [3.63, 3.8) is 0 Å². The van der Waals surface area contributed by atoms with Crippen molar-refractivity contribution in [3.05, 3.63) is 52.6 Å². The van der Waals surface area contributed by atoms with Gasteiger partial charge in [0.2, 0.25) is 0 Å². The number of piperidine rings is 1. The second-order valence-corrected chi connectivity index (χ2v) is 7.95. The second kappa shape index (κ2) is 10.6. The molecular weight excluding hydrogens is 379 g/mol. The first kappa shape index (κ1) is 22.3. The Bertz CT molecular complexity index is 834. The molecule has 0 radical (unpaired) electrons. The molecule has 0 spiro atoms. The van der Waals surface area contributed by atoms with Crippen molar-refractivity contribution in [3.8, 4) is 0 Å².